The maximum atomic E-state index is 5.09. The van der Waals surface area contributed by atoms with Gasteiger partial charge in [-0.2, -0.15) is 0 Å². The number of aliphatic imine (C=N–C) groups is 1. The lowest BCUT2D eigenvalue weighted by Gasteiger charge is -2.10. The van der Waals surface area contributed by atoms with Gasteiger partial charge in [-0.3, -0.25) is 0 Å². The third-order valence-corrected chi connectivity index (χ3v) is 4.65. The van der Waals surface area contributed by atoms with E-state index >= 15 is 0 Å². The molecule has 0 atom stereocenters. The third kappa shape index (κ3) is 3.84. The van der Waals surface area contributed by atoms with Crippen LogP contribution in [0.5, 0.6) is 0 Å². The van der Waals surface area contributed by atoms with Gasteiger partial charge in [0.25, 0.3) is 0 Å². The van der Waals surface area contributed by atoms with Crippen molar-refractivity contribution in [2.24, 2.45) is 4.99 Å². The highest BCUT2D eigenvalue weighted by Gasteiger charge is 2.09. The van der Waals surface area contributed by atoms with Crippen molar-refractivity contribution >= 4 is 28.2 Å². The Balaban J connectivity index is 1.91. The number of fused-ring (bicyclic) bond motifs is 1. The van der Waals surface area contributed by atoms with Gasteiger partial charge in [0.15, 0.2) is 0 Å². The first-order valence-electron chi connectivity index (χ1n) is 9.36. The van der Waals surface area contributed by atoms with Crippen LogP contribution in [0.3, 0.4) is 0 Å². The number of rotatable bonds is 5. The van der Waals surface area contributed by atoms with Gasteiger partial charge in [0.1, 0.15) is 0 Å². The van der Waals surface area contributed by atoms with Crippen LogP contribution in [0.4, 0.5) is 5.69 Å². The molecule has 0 N–H and O–H groups in total. The van der Waals surface area contributed by atoms with Gasteiger partial charge in [-0.15, -0.1) is 0 Å². The number of benzene rings is 4. The van der Waals surface area contributed by atoms with E-state index in [0.29, 0.717) is 0 Å². The van der Waals surface area contributed by atoms with Crippen molar-refractivity contribution in [1.82, 2.24) is 0 Å². The van der Waals surface area contributed by atoms with Gasteiger partial charge in [-0.05, 0) is 22.9 Å². The normalized spacial score (nSPS) is 11.8. The smallest absolute Gasteiger partial charge is 0.0782 e. The molecule has 4 aromatic carbocycles. The van der Waals surface area contributed by atoms with Crippen molar-refractivity contribution in [2.75, 3.05) is 0 Å². The van der Waals surface area contributed by atoms with Gasteiger partial charge in [-0.25, -0.2) is 4.99 Å². The van der Waals surface area contributed by atoms with Crippen molar-refractivity contribution in [3.05, 3.63) is 132 Å². The van der Waals surface area contributed by atoms with Crippen molar-refractivity contribution in [2.45, 2.75) is 0 Å². The van der Waals surface area contributed by atoms with E-state index in [1.54, 1.807) is 6.08 Å². The van der Waals surface area contributed by atoms with Gasteiger partial charge >= 0.3 is 0 Å². The Labute approximate surface area is 166 Å². The Hall–Kier alpha value is -3.71. The maximum absolute atomic E-state index is 5.09. The summed E-state index contributed by atoms with van der Waals surface area (Å²) in [6.07, 6.45) is 5.75. The number of hydrogen-bond donors (Lipinski definition) is 0. The highest BCUT2D eigenvalue weighted by atomic mass is 14.8. The van der Waals surface area contributed by atoms with Crippen LogP contribution in [-0.2, 0) is 0 Å². The van der Waals surface area contributed by atoms with Crippen LogP contribution in [0.15, 0.2) is 121 Å². The topological polar surface area (TPSA) is 12.4 Å². The first-order valence-corrected chi connectivity index (χ1v) is 9.36. The first-order chi connectivity index (χ1) is 13.8. The third-order valence-electron chi connectivity index (χ3n) is 4.65. The lowest BCUT2D eigenvalue weighted by Crippen LogP contribution is -2.03. The molecule has 1 heteroatoms. The van der Waals surface area contributed by atoms with E-state index in [-0.39, 0.29) is 0 Å². The molecule has 4 rings (SSSR count). The van der Waals surface area contributed by atoms with E-state index in [0.717, 1.165) is 28.1 Å². The van der Waals surface area contributed by atoms with Gasteiger partial charge in [-0.1, -0.05) is 110 Å². The van der Waals surface area contributed by atoms with E-state index in [1.807, 2.05) is 36.4 Å². The molecule has 28 heavy (non-hydrogen) atoms. The fourth-order valence-electron chi connectivity index (χ4n) is 3.25. The Morgan fingerprint density at radius 2 is 1.39 bits per heavy atom. The average molecular weight is 359 g/mol. The van der Waals surface area contributed by atoms with Crippen LogP contribution in [0, 0.1) is 0 Å². The molecule has 0 fully saturated rings. The van der Waals surface area contributed by atoms with E-state index in [1.165, 1.54) is 10.8 Å². The monoisotopic (exact) mass is 359 g/mol. The highest BCUT2D eigenvalue weighted by molar-refractivity contribution is 6.15. The standard InChI is InChI=1S/C27H21N/c1-2-3-11-22-13-9-10-17-26(22)28-27(23-14-5-4-6-15-23)25-19-18-21-12-7-8-16-24(21)20-25/h2-20H,1H2/b11-3-,28-27-. The van der Waals surface area contributed by atoms with Gasteiger partial charge < -0.3 is 0 Å². The van der Waals surface area contributed by atoms with Crippen LogP contribution in [0.1, 0.15) is 16.7 Å². The largest absolute Gasteiger partial charge is 0.247 e. The molecule has 0 saturated heterocycles. The Morgan fingerprint density at radius 1 is 0.679 bits per heavy atom. The van der Waals surface area contributed by atoms with Crippen molar-refractivity contribution in [3.63, 3.8) is 0 Å². The number of hydrogen-bond acceptors (Lipinski definition) is 1. The van der Waals surface area contributed by atoms with Gasteiger partial charge in [0, 0.05) is 16.7 Å². The Bertz CT molecular complexity index is 1170. The predicted molar refractivity (Wildman–Crippen MR) is 121 cm³/mol. The summed E-state index contributed by atoms with van der Waals surface area (Å²) in [6.45, 7) is 3.77. The molecule has 0 saturated carbocycles. The van der Waals surface area contributed by atoms with E-state index in [9.17, 15) is 0 Å². The second-order valence-corrected chi connectivity index (χ2v) is 6.54. The van der Waals surface area contributed by atoms with Crippen molar-refractivity contribution < 1.29 is 0 Å². The number of nitrogens with zero attached hydrogens (tertiary/aromatic N) is 1. The molecule has 0 spiro atoms. The summed E-state index contributed by atoms with van der Waals surface area (Å²) in [5.41, 5.74) is 5.17. The summed E-state index contributed by atoms with van der Waals surface area (Å²) in [7, 11) is 0. The van der Waals surface area contributed by atoms with Crippen LogP contribution < -0.4 is 0 Å². The Kier molecular flexibility index (Phi) is 5.26. The molecular weight excluding hydrogens is 338 g/mol. The van der Waals surface area contributed by atoms with Crippen LogP contribution in [0.2, 0.25) is 0 Å². The molecular formula is C27H21N. The van der Waals surface area contributed by atoms with Gasteiger partial charge in [0.2, 0.25) is 0 Å². The van der Waals surface area contributed by atoms with Crippen LogP contribution >= 0.6 is 0 Å². The van der Waals surface area contributed by atoms with Gasteiger partial charge in [0.05, 0.1) is 11.4 Å². The Morgan fingerprint density at radius 3 is 2.21 bits per heavy atom. The fraction of sp³-hybridized carbons (Fsp3) is 0. The quantitative estimate of drug-likeness (QED) is 0.264. The lowest BCUT2D eigenvalue weighted by molar-refractivity contribution is 1.46. The summed E-state index contributed by atoms with van der Waals surface area (Å²) in [4.78, 5) is 5.09. The fourth-order valence-corrected chi connectivity index (χ4v) is 3.25. The van der Waals surface area contributed by atoms with E-state index in [4.69, 9.17) is 4.99 Å². The minimum atomic E-state index is 0.938. The van der Waals surface area contributed by atoms with Crippen molar-refractivity contribution in [1.29, 1.82) is 0 Å². The molecule has 1 nitrogen and oxygen atoms in total. The molecule has 134 valence electrons. The lowest BCUT2D eigenvalue weighted by atomic mass is 9.98. The predicted octanol–water partition coefficient (Wildman–Crippen LogP) is 7.21. The van der Waals surface area contributed by atoms with Crippen LogP contribution in [0.25, 0.3) is 16.8 Å². The molecule has 4 aromatic rings. The summed E-state index contributed by atoms with van der Waals surface area (Å²) < 4.78 is 0. The number of allylic oxidation sites excluding steroid dienone is 2. The SMILES string of the molecule is C=C/C=C\c1ccccc1/N=C(/c1ccccc1)c1ccc2ccccc2c1. The first kappa shape index (κ1) is 17.7. The molecule has 0 radical (unpaired) electrons. The average Bonchev–Trinajstić information content (AvgIpc) is 2.77. The molecule has 0 amide bonds. The molecule has 0 aromatic heterocycles. The molecule has 0 aliphatic rings. The molecule has 0 unspecified atom stereocenters. The summed E-state index contributed by atoms with van der Waals surface area (Å²) in [5, 5.41) is 2.44. The zero-order chi connectivity index (χ0) is 19.2. The summed E-state index contributed by atoms with van der Waals surface area (Å²) in [6, 6.07) is 33.4. The minimum absolute atomic E-state index is 0.938. The van der Waals surface area contributed by atoms with E-state index < -0.39 is 0 Å². The zero-order valence-corrected chi connectivity index (χ0v) is 15.6. The summed E-state index contributed by atoms with van der Waals surface area (Å²) in [5.74, 6) is 0. The minimum Gasteiger partial charge on any atom is -0.247 e. The van der Waals surface area contributed by atoms with E-state index in [2.05, 4.69) is 79.4 Å². The number of para-hydroxylation sites is 1. The molecule has 0 bridgehead atoms. The van der Waals surface area contributed by atoms with Crippen molar-refractivity contribution in [3.8, 4) is 0 Å². The maximum Gasteiger partial charge on any atom is 0.0782 e. The second-order valence-electron chi connectivity index (χ2n) is 6.54. The summed E-state index contributed by atoms with van der Waals surface area (Å²) >= 11 is 0. The zero-order valence-electron chi connectivity index (χ0n) is 15.6. The molecule has 0 heterocycles. The molecule has 0 aliphatic heterocycles. The highest BCUT2D eigenvalue weighted by Crippen LogP contribution is 2.25. The second kappa shape index (κ2) is 8.32. The molecule has 0 aliphatic carbocycles. The van der Waals surface area contributed by atoms with Crippen LogP contribution in [-0.4, -0.2) is 5.71 Å².